The average Bonchev–Trinajstić information content (AvgIpc) is 2.16. The standard InChI is InChI=1S/C11H19N3/c1-8(2)10(12)6-5-9-4-3-7-14-11(9)13/h3-4,7-8,10H,5-6,12H2,1-2H3,(H2,13,14). The summed E-state index contributed by atoms with van der Waals surface area (Å²) in [5, 5.41) is 0. The zero-order chi connectivity index (χ0) is 10.6. The van der Waals surface area contributed by atoms with E-state index in [1.54, 1.807) is 6.20 Å². The molecule has 1 aromatic heterocycles. The zero-order valence-electron chi connectivity index (χ0n) is 8.90. The van der Waals surface area contributed by atoms with Gasteiger partial charge in [0, 0.05) is 12.2 Å². The molecule has 0 amide bonds. The highest BCUT2D eigenvalue weighted by atomic mass is 14.8. The first kappa shape index (κ1) is 11.0. The van der Waals surface area contributed by atoms with Crippen LogP contribution in [0.15, 0.2) is 18.3 Å². The molecule has 0 aliphatic carbocycles. The van der Waals surface area contributed by atoms with Gasteiger partial charge in [-0.05, 0) is 30.4 Å². The Hall–Kier alpha value is -1.09. The topological polar surface area (TPSA) is 64.9 Å². The van der Waals surface area contributed by atoms with Crippen LogP contribution in [0.2, 0.25) is 0 Å². The van der Waals surface area contributed by atoms with Crippen molar-refractivity contribution in [3.05, 3.63) is 23.9 Å². The maximum absolute atomic E-state index is 5.95. The normalized spacial score (nSPS) is 13.1. The lowest BCUT2D eigenvalue weighted by molar-refractivity contribution is 0.464. The third-order valence-corrected chi connectivity index (χ3v) is 2.53. The van der Waals surface area contributed by atoms with E-state index in [0.29, 0.717) is 11.7 Å². The van der Waals surface area contributed by atoms with Crippen molar-refractivity contribution in [3.63, 3.8) is 0 Å². The monoisotopic (exact) mass is 193 g/mol. The fraction of sp³-hybridized carbons (Fsp3) is 0.545. The first-order valence-electron chi connectivity index (χ1n) is 5.06. The molecule has 0 fully saturated rings. The Bertz CT molecular complexity index is 284. The second-order valence-corrected chi connectivity index (χ2v) is 3.99. The molecule has 0 saturated heterocycles. The lowest BCUT2D eigenvalue weighted by Crippen LogP contribution is -2.26. The van der Waals surface area contributed by atoms with Crippen molar-refractivity contribution in [2.45, 2.75) is 32.7 Å². The summed E-state index contributed by atoms with van der Waals surface area (Å²) in [4.78, 5) is 4.04. The molecule has 0 bridgehead atoms. The van der Waals surface area contributed by atoms with Gasteiger partial charge in [0.25, 0.3) is 0 Å². The van der Waals surface area contributed by atoms with E-state index in [2.05, 4.69) is 18.8 Å². The number of hydrogen-bond acceptors (Lipinski definition) is 3. The van der Waals surface area contributed by atoms with Gasteiger partial charge in [0.2, 0.25) is 0 Å². The Labute approximate surface area is 85.5 Å². The number of aromatic nitrogens is 1. The van der Waals surface area contributed by atoms with Gasteiger partial charge >= 0.3 is 0 Å². The van der Waals surface area contributed by atoms with Gasteiger partial charge in [-0.25, -0.2) is 4.98 Å². The quantitative estimate of drug-likeness (QED) is 0.763. The summed E-state index contributed by atoms with van der Waals surface area (Å²) >= 11 is 0. The van der Waals surface area contributed by atoms with Crippen LogP contribution in [0.4, 0.5) is 5.82 Å². The summed E-state index contributed by atoms with van der Waals surface area (Å²) in [6.45, 7) is 4.27. The third-order valence-electron chi connectivity index (χ3n) is 2.53. The number of nitrogens with two attached hydrogens (primary N) is 2. The highest BCUT2D eigenvalue weighted by molar-refractivity contribution is 5.38. The maximum atomic E-state index is 5.95. The SMILES string of the molecule is CC(C)C(N)CCc1cccnc1N. The maximum Gasteiger partial charge on any atom is 0.126 e. The zero-order valence-corrected chi connectivity index (χ0v) is 8.90. The third kappa shape index (κ3) is 3.00. The molecule has 0 aliphatic rings. The molecule has 0 saturated carbocycles. The number of nitrogens with zero attached hydrogens (tertiary/aromatic N) is 1. The Kier molecular flexibility index (Phi) is 3.89. The molecule has 4 N–H and O–H groups in total. The first-order valence-corrected chi connectivity index (χ1v) is 5.06. The Morgan fingerprint density at radius 1 is 1.43 bits per heavy atom. The molecule has 1 atom stereocenters. The van der Waals surface area contributed by atoms with E-state index in [1.165, 1.54) is 0 Å². The average molecular weight is 193 g/mol. The smallest absolute Gasteiger partial charge is 0.126 e. The van der Waals surface area contributed by atoms with Crippen molar-refractivity contribution in [2.24, 2.45) is 11.7 Å². The van der Waals surface area contributed by atoms with Crippen LogP contribution in [-0.4, -0.2) is 11.0 Å². The molecule has 3 nitrogen and oxygen atoms in total. The second-order valence-electron chi connectivity index (χ2n) is 3.99. The number of pyridine rings is 1. The van der Waals surface area contributed by atoms with Gasteiger partial charge in [-0.3, -0.25) is 0 Å². The number of hydrogen-bond donors (Lipinski definition) is 2. The molecular formula is C11H19N3. The van der Waals surface area contributed by atoms with E-state index >= 15 is 0 Å². The first-order chi connectivity index (χ1) is 6.61. The Balaban J connectivity index is 2.50. The summed E-state index contributed by atoms with van der Waals surface area (Å²) in [5.74, 6) is 1.15. The number of aryl methyl sites for hydroxylation is 1. The van der Waals surface area contributed by atoms with Crippen LogP contribution < -0.4 is 11.5 Å². The minimum atomic E-state index is 0.245. The molecule has 0 spiro atoms. The van der Waals surface area contributed by atoms with Gasteiger partial charge in [-0.2, -0.15) is 0 Å². The molecule has 3 heteroatoms. The van der Waals surface area contributed by atoms with Crippen molar-refractivity contribution < 1.29 is 0 Å². The van der Waals surface area contributed by atoms with Crippen molar-refractivity contribution >= 4 is 5.82 Å². The van der Waals surface area contributed by atoms with Crippen LogP contribution in [0.3, 0.4) is 0 Å². The fourth-order valence-corrected chi connectivity index (χ4v) is 1.32. The molecule has 1 heterocycles. The molecule has 0 aliphatic heterocycles. The summed E-state index contributed by atoms with van der Waals surface area (Å²) in [5.41, 5.74) is 12.8. The highest BCUT2D eigenvalue weighted by Gasteiger charge is 2.08. The van der Waals surface area contributed by atoms with Gasteiger partial charge in [0.1, 0.15) is 5.82 Å². The minimum Gasteiger partial charge on any atom is -0.383 e. The van der Waals surface area contributed by atoms with Crippen LogP contribution in [0.25, 0.3) is 0 Å². The van der Waals surface area contributed by atoms with Gasteiger partial charge in [0.15, 0.2) is 0 Å². The van der Waals surface area contributed by atoms with Gasteiger partial charge in [-0.15, -0.1) is 0 Å². The summed E-state index contributed by atoms with van der Waals surface area (Å²) < 4.78 is 0. The molecule has 14 heavy (non-hydrogen) atoms. The second kappa shape index (κ2) is 4.96. The molecule has 0 radical (unpaired) electrons. The minimum absolute atomic E-state index is 0.245. The van der Waals surface area contributed by atoms with E-state index in [9.17, 15) is 0 Å². The number of rotatable bonds is 4. The van der Waals surface area contributed by atoms with E-state index < -0.39 is 0 Å². The number of nitrogen functional groups attached to an aromatic ring is 1. The molecule has 78 valence electrons. The predicted molar refractivity (Wildman–Crippen MR) is 59.8 cm³/mol. The van der Waals surface area contributed by atoms with Crippen LogP contribution in [0, 0.1) is 5.92 Å². The van der Waals surface area contributed by atoms with Gasteiger partial charge in [0.05, 0.1) is 0 Å². The molecule has 0 aromatic carbocycles. The van der Waals surface area contributed by atoms with Crippen molar-refractivity contribution in [1.29, 1.82) is 0 Å². The van der Waals surface area contributed by atoms with Crippen molar-refractivity contribution in [2.75, 3.05) is 5.73 Å². The summed E-state index contributed by atoms with van der Waals surface area (Å²) in [6, 6.07) is 4.16. The van der Waals surface area contributed by atoms with Gasteiger partial charge < -0.3 is 11.5 Å². The summed E-state index contributed by atoms with van der Waals surface area (Å²) in [6.07, 6.45) is 3.59. The lowest BCUT2D eigenvalue weighted by atomic mass is 9.98. The van der Waals surface area contributed by atoms with Crippen molar-refractivity contribution in [1.82, 2.24) is 4.98 Å². The van der Waals surface area contributed by atoms with E-state index in [-0.39, 0.29) is 6.04 Å². The highest BCUT2D eigenvalue weighted by Crippen LogP contribution is 2.12. The number of anilines is 1. The Morgan fingerprint density at radius 2 is 2.14 bits per heavy atom. The van der Waals surface area contributed by atoms with E-state index in [1.807, 2.05) is 12.1 Å². The van der Waals surface area contributed by atoms with E-state index in [0.717, 1.165) is 18.4 Å². The summed E-state index contributed by atoms with van der Waals surface area (Å²) in [7, 11) is 0. The molecule has 1 aromatic rings. The van der Waals surface area contributed by atoms with Crippen LogP contribution in [0.1, 0.15) is 25.8 Å². The van der Waals surface area contributed by atoms with Crippen molar-refractivity contribution in [3.8, 4) is 0 Å². The molecular weight excluding hydrogens is 174 g/mol. The fourth-order valence-electron chi connectivity index (χ4n) is 1.32. The predicted octanol–water partition coefficient (Wildman–Crippen LogP) is 1.58. The molecule has 1 rings (SSSR count). The van der Waals surface area contributed by atoms with Crippen LogP contribution in [0.5, 0.6) is 0 Å². The van der Waals surface area contributed by atoms with Gasteiger partial charge in [-0.1, -0.05) is 19.9 Å². The van der Waals surface area contributed by atoms with E-state index in [4.69, 9.17) is 11.5 Å². The van der Waals surface area contributed by atoms with Crippen LogP contribution in [-0.2, 0) is 6.42 Å². The molecule has 1 unspecified atom stereocenters. The Morgan fingerprint density at radius 3 is 2.71 bits per heavy atom. The largest absolute Gasteiger partial charge is 0.383 e. The lowest BCUT2D eigenvalue weighted by Gasteiger charge is -2.15. The van der Waals surface area contributed by atoms with Crippen LogP contribution >= 0.6 is 0 Å².